The number of aromatic nitrogens is 1. The van der Waals surface area contributed by atoms with Crippen LogP contribution in [0.25, 0.3) is 10.9 Å². The average molecular weight is 371 g/mol. The van der Waals surface area contributed by atoms with Crippen LogP contribution < -0.4 is 10.1 Å². The molecule has 2 saturated heterocycles. The largest absolute Gasteiger partial charge is 0.497 e. The molecule has 1 aromatic carbocycles. The van der Waals surface area contributed by atoms with Gasteiger partial charge in [-0.05, 0) is 36.6 Å². The zero-order valence-electron chi connectivity index (χ0n) is 16.6. The van der Waals surface area contributed by atoms with Gasteiger partial charge in [0.1, 0.15) is 11.4 Å². The fraction of sp³-hybridized carbons (Fsp3) is 0.571. The molecule has 1 N–H and O–H groups in total. The maximum absolute atomic E-state index is 12.9. The Balaban J connectivity index is 1.45. The molecule has 0 spiro atoms. The SMILES string of the molecule is COc1ccc2c(c1)cc(C(=O)N[C@H]1C[C@H]3CO[C@H](C(C)C)CN3C1)n2C. The van der Waals surface area contributed by atoms with Crippen molar-refractivity contribution in [2.45, 2.75) is 38.5 Å². The molecule has 0 aliphatic carbocycles. The highest BCUT2D eigenvalue weighted by atomic mass is 16.5. The van der Waals surface area contributed by atoms with Crippen LogP contribution in [0, 0.1) is 5.92 Å². The quantitative estimate of drug-likeness (QED) is 0.897. The minimum atomic E-state index is -0.0150. The van der Waals surface area contributed by atoms with E-state index in [4.69, 9.17) is 9.47 Å². The molecule has 2 aliphatic heterocycles. The van der Waals surface area contributed by atoms with E-state index < -0.39 is 0 Å². The van der Waals surface area contributed by atoms with Crippen molar-refractivity contribution in [1.29, 1.82) is 0 Å². The van der Waals surface area contributed by atoms with E-state index in [9.17, 15) is 4.79 Å². The van der Waals surface area contributed by atoms with Crippen molar-refractivity contribution in [2.24, 2.45) is 13.0 Å². The summed E-state index contributed by atoms with van der Waals surface area (Å²) in [5.74, 6) is 1.30. The Bertz CT molecular complexity index is 845. The number of hydrogen-bond donors (Lipinski definition) is 1. The third-order valence-corrected chi connectivity index (χ3v) is 6.01. The molecule has 4 rings (SSSR count). The number of rotatable bonds is 4. The number of fused-ring (bicyclic) bond motifs is 2. The van der Waals surface area contributed by atoms with Crippen LogP contribution in [0.3, 0.4) is 0 Å². The maximum Gasteiger partial charge on any atom is 0.268 e. The number of carbonyl (C=O) groups is 1. The molecule has 3 heterocycles. The molecule has 2 fully saturated rings. The van der Waals surface area contributed by atoms with E-state index >= 15 is 0 Å². The first-order valence-corrected chi connectivity index (χ1v) is 9.76. The lowest BCUT2D eigenvalue weighted by atomic mass is 10.0. The van der Waals surface area contributed by atoms with Crippen LogP contribution in [0.4, 0.5) is 0 Å². The van der Waals surface area contributed by atoms with Gasteiger partial charge in [0, 0.05) is 43.1 Å². The Morgan fingerprint density at radius 1 is 1.30 bits per heavy atom. The fourth-order valence-corrected chi connectivity index (χ4v) is 4.34. The van der Waals surface area contributed by atoms with Gasteiger partial charge in [-0.1, -0.05) is 13.8 Å². The lowest BCUT2D eigenvalue weighted by molar-refractivity contribution is -0.0683. The Hall–Kier alpha value is -2.05. The fourth-order valence-electron chi connectivity index (χ4n) is 4.34. The van der Waals surface area contributed by atoms with Gasteiger partial charge in [-0.25, -0.2) is 0 Å². The van der Waals surface area contributed by atoms with Crippen LogP contribution in [0.1, 0.15) is 30.8 Å². The second-order valence-electron chi connectivity index (χ2n) is 8.14. The second-order valence-corrected chi connectivity index (χ2v) is 8.14. The number of aryl methyl sites for hydroxylation is 1. The van der Waals surface area contributed by atoms with Gasteiger partial charge in [-0.2, -0.15) is 0 Å². The molecule has 6 nitrogen and oxygen atoms in total. The molecule has 2 aliphatic rings. The average Bonchev–Trinajstić information content (AvgIpc) is 3.20. The molecule has 6 heteroatoms. The Morgan fingerprint density at radius 3 is 2.85 bits per heavy atom. The summed E-state index contributed by atoms with van der Waals surface area (Å²) < 4.78 is 13.2. The lowest BCUT2D eigenvalue weighted by Crippen LogP contribution is -2.48. The standard InChI is InChI=1S/C21H29N3O3/c1-13(2)20-11-24-10-15(9-16(24)12-27-20)22-21(25)19-8-14-7-17(26-4)5-6-18(14)23(19)3/h5-8,13,15-16,20H,9-12H2,1-4H3,(H,22,25)/t15-,16-,20-/m0/s1. The molecule has 0 radical (unpaired) electrons. The number of carbonyl (C=O) groups excluding carboxylic acids is 1. The van der Waals surface area contributed by atoms with Crippen molar-refractivity contribution in [3.8, 4) is 5.75 Å². The monoisotopic (exact) mass is 371 g/mol. The predicted molar refractivity (Wildman–Crippen MR) is 105 cm³/mol. The van der Waals surface area contributed by atoms with Gasteiger partial charge in [0.05, 0.1) is 19.8 Å². The molecule has 0 unspecified atom stereocenters. The van der Waals surface area contributed by atoms with E-state index in [1.807, 2.05) is 35.9 Å². The smallest absolute Gasteiger partial charge is 0.268 e. The molecule has 0 saturated carbocycles. The van der Waals surface area contributed by atoms with Crippen LogP contribution in [0.5, 0.6) is 5.75 Å². The molecule has 2 aromatic rings. The summed E-state index contributed by atoms with van der Waals surface area (Å²) in [6, 6.07) is 8.40. The van der Waals surface area contributed by atoms with Crippen LogP contribution in [-0.4, -0.2) is 60.4 Å². The first-order chi connectivity index (χ1) is 13.0. The van der Waals surface area contributed by atoms with Gasteiger partial charge in [0.15, 0.2) is 0 Å². The number of benzene rings is 1. The number of amides is 1. The zero-order chi connectivity index (χ0) is 19.1. The van der Waals surface area contributed by atoms with E-state index in [0.717, 1.165) is 42.8 Å². The Labute approximate surface area is 160 Å². The second kappa shape index (κ2) is 7.17. The lowest BCUT2D eigenvalue weighted by Gasteiger charge is -2.36. The van der Waals surface area contributed by atoms with Gasteiger partial charge in [0.25, 0.3) is 5.91 Å². The zero-order valence-corrected chi connectivity index (χ0v) is 16.6. The van der Waals surface area contributed by atoms with Crippen molar-refractivity contribution < 1.29 is 14.3 Å². The summed E-state index contributed by atoms with van der Waals surface area (Å²) in [5.41, 5.74) is 1.71. The van der Waals surface area contributed by atoms with E-state index in [1.165, 1.54) is 0 Å². The number of methoxy groups -OCH3 is 1. The minimum absolute atomic E-state index is 0.0150. The van der Waals surface area contributed by atoms with Crippen molar-refractivity contribution in [1.82, 2.24) is 14.8 Å². The summed E-state index contributed by atoms with van der Waals surface area (Å²) >= 11 is 0. The van der Waals surface area contributed by atoms with Crippen molar-refractivity contribution in [2.75, 3.05) is 26.8 Å². The Kier molecular flexibility index (Phi) is 4.86. The van der Waals surface area contributed by atoms with Crippen molar-refractivity contribution in [3.63, 3.8) is 0 Å². The van der Waals surface area contributed by atoms with Gasteiger partial charge < -0.3 is 19.4 Å². The topological polar surface area (TPSA) is 55.7 Å². The summed E-state index contributed by atoms with van der Waals surface area (Å²) in [7, 11) is 3.59. The predicted octanol–water partition coefficient (Wildman–Crippen LogP) is 2.41. The molecule has 1 aromatic heterocycles. The van der Waals surface area contributed by atoms with Crippen LogP contribution >= 0.6 is 0 Å². The molecule has 27 heavy (non-hydrogen) atoms. The van der Waals surface area contributed by atoms with E-state index in [2.05, 4.69) is 24.1 Å². The third-order valence-electron chi connectivity index (χ3n) is 6.01. The molecule has 3 atom stereocenters. The maximum atomic E-state index is 12.9. The van der Waals surface area contributed by atoms with E-state index in [1.54, 1.807) is 7.11 Å². The number of ether oxygens (including phenoxy) is 2. The van der Waals surface area contributed by atoms with Gasteiger partial charge in [-0.3, -0.25) is 9.69 Å². The van der Waals surface area contributed by atoms with Crippen molar-refractivity contribution in [3.05, 3.63) is 30.0 Å². The van der Waals surface area contributed by atoms with Crippen LogP contribution in [0.15, 0.2) is 24.3 Å². The van der Waals surface area contributed by atoms with Crippen molar-refractivity contribution >= 4 is 16.8 Å². The minimum Gasteiger partial charge on any atom is -0.497 e. The molecule has 0 bridgehead atoms. The summed E-state index contributed by atoms with van der Waals surface area (Å²) in [4.78, 5) is 15.4. The number of nitrogens with one attached hydrogen (secondary N) is 1. The Morgan fingerprint density at radius 2 is 2.11 bits per heavy atom. The van der Waals surface area contributed by atoms with Gasteiger partial charge in [0.2, 0.25) is 0 Å². The van der Waals surface area contributed by atoms with Gasteiger partial charge >= 0.3 is 0 Å². The number of morpholine rings is 1. The summed E-state index contributed by atoms with van der Waals surface area (Å²) in [5, 5.41) is 4.25. The first kappa shape index (κ1) is 18.3. The molecular formula is C21H29N3O3. The molecule has 1 amide bonds. The van der Waals surface area contributed by atoms with Crippen LogP contribution in [-0.2, 0) is 11.8 Å². The van der Waals surface area contributed by atoms with Crippen LogP contribution in [0.2, 0.25) is 0 Å². The highest BCUT2D eigenvalue weighted by molar-refractivity contribution is 5.99. The highest BCUT2D eigenvalue weighted by Crippen LogP contribution is 2.27. The van der Waals surface area contributed by atoms with E-state index in [-0.39, 0.29) is 11.9 Å². The normalized spacial score (nSPS) is 25.7. The van der Waals surface area contributed by atoms with Gasteiger partial charge in [-0.15, -0.1) is 0 Å². The summed E-state index contributed by atoms with van der Waals surface area (Å²) in [6.07, 6.45) is 1.25. The molecule has 146 valence electrons. The van der Waals surface area contributed by atoms with E-state index in [0.29, 0.717) is 23.8 Å². The molecular weight excluding hydrogens is 342 g/mol. The first-order valence-electron chi connectivity index (χ1n) is 9.76. The number of hydrogen-bond acceptors (Lipinski definition) is 4. The summed E-state index contributed by atoms with van der Waals surface area (Å²) in [6.45, 7) is 7.04. The third kappa shape index (κ3) is 3.44. The highest BCUT2D eigenvalue weighted by Gasteiger charge is 2.38. The number of nitrogens with zero attached hydrogens (tertiary/aromatic N) is 2.